The maximum atomic E-state index is 9.54. The summed E-state index contributed by atoms with van der Waals surface area (Å²) in [4.78, 5) is 28.6. The minimum atomic E-state index is -1.75. The van der Waals surface area contributed by atoms with Crippen molar-refractivity contribution in [1.82, 2.24) is 0 Å². The predicted octanol–water partition coefficient (Wildman–Crippen LogP) is 1.49. The molecule has 0 radical (unpaired) electrons. The van der Waals surface area contributed by atoms with Crippen molar-refractivity contribution in [1.29, 1.82) is 0 Å². The van der Waals surface area contributed by atoms with Crippen molar-refractivity contribution in [2.75, 3.05) is 0 Å². The van der Waals surface area contributed by atoms with E-state index in [9.17, 15) is 14.4 Å². The smallest absolute Gasteiger partial charge is 0.0226 e. The third-order valence-corrected chi connectivity index (χ3v) is 4.27. The number of benzene rings is 2. The third-order valence-electron chi connectivity index (χ3n) is 2.12. The Morgan fingerprint density at radius 1 is 0.650 bits per heavy atom. The van der Waals surface area contributed by atoms with E-state index in [1.165, 1.54) is 10.6 Å². The van der Waals surface area contributed by atoms with Gasteiger partial charge in [-0.15, -0.1) is 0 Å². The third kappa shape index (κ3) is 6.53. The largest absolute Gasteiger partial charge is 0.0622 e. The molecule has 0 N–H and O–H groups in total. The maximum absolute atomic E-state index is 9.54. The summed E-state index contributed by atoms with van der Waals surface area (Å²) >= 11 is -1.75. The van der Waals surface area contributed by atoms with Gasteiger partial charge in [0.05, 0.1) is 0 Å². The Labute approximate surface area is 124 Å². The molecule has 0 aromatic heterocycles. The van der Waals surface area contributed by atoms with Crippen molar-refractivity contribution in [2.24, 2.45) is 0 Å². The zero-order chi connectivity index (χ0) is 14.6. The van der Waals surface area contributed by atoms with E-state index in [0.29, 0.717) is 15.6 Å². The molecule has 2 aromatic carbocycles. The van der Waals surface area contributed by atoms with Crippen molar-refractivity contribution in [3.05, 3.63) is 60.7 Å². The molecule has 0 unspecified atom stereocenters. The fourth-order valence-corrected chi connectivity index (χ4v) is 2.50. The number of carbonyl (C=O) groups is 3. The van der Waals surface area contributed by atoms with Crippen LogP contribution in [0.3, 0.4) is 0 Å². The summed E-state index contributed by atoms with van der Waals surface area (Å²) in [5.41, 5.74) is 0. The molecule has 2 rings (SSSR count). The monoisotopic (exact) mass is 329 g/mol. The van der Waals surface area contributed by atoms with Gasteiger partial charge in [-0.05, 0) is 10.6 Å². The number of hydrogen-bond acceptors (Lipinski definition) is 3. The van der Waals surface area contributed by atoms with Gasteiger partial charge in [-0.1, -0.05) is 69.2 Å². The molecule has 0 amide bonds. The number of hydrogen-bond donors (Lipinski definition) is 0. The fourth-order valence-electron chi connectivity index (χ4n) is 1.27. The molecule has 0 aliphatic rings. The van der Waals surface area contributed by atoms with Crippen LogP contribution in [0.15, 0.2) is 60.7 Å². The maximum Gasteiger partial charge on any atom is -0.0226 e. The molecule has 0 fully saturated rings. The van der Waals surface area contributed by atoms with Gasteiger partial charge < -0.3 is 0 Å². The van der Waals surface area contributed by atoms with Crippen LogP contribution in [0, 0.1) is 0 Å². The summed E-state index contributed by atoms with van der Waals surface area (Å²) in [5, 5.41) is 3.92. The number of rotatable bonds is 5. The Balaban J connectivity index is 0.000000246. The summed E-state index contributed by atoms with van der Waals surface area (Å²) in [7, 11) is 0.777. The van der Waals surface area contributed by atoms with Gasteiger partial charge in [0.15, 0.2) is 0 Å². The summed E-state index contributed by atoms with van der Waals surface area (Å²) in [6, 6.07) is 21.2. The van der Waals surface area contributed by atoms with Gasteiger partial charge in [-0.25, -0.2) is 0 Å². The molecule has 0 atom stereocenters. The number of carbonyl (C=O) groups excluding carboxylic acids is 3. The van der Waals surface area contributed by atoms with Crippen molar-refractivity contribution in [3.63, 3.8) is 0 Å². The molecule has 0 spiro atoms. The Morgan fingerprint density at radius 3 is 1.25 bits per heavy atom. The molecule has 0 aliphatic carbocycles. The van der Waals surface area contributed by atoms with Crippen LogP contribution in [0.5, 0.6) is 0 Å². The molecule has 0 aliphatic heterocycles. The van der Waals surface area contributed by atoms with Crippen molar-refractivity contribution in [3.8, 4) is 0 Å². The van der Waals surface area contributed by atoms with E-state index in [4.69, 9.17) is 0 Å². The Hall–Kier alpha value is -1.60. The van der Waals surface area contributed by atoms with E-state index in [1.54, 1.807) is 0 Å². The first kappa shape index (κ1) is 16.5. The van der Waals surface area contributed by atoms with Gasteiger partial charge in [0.1, 0.15) is 0 Å². The van der Waals surface area contributed by atoms with Gasteiger partial charge in [0.25, 0.3) is 0 Å². The van der Waals surface area contributed by atoms with Crippen molar-refractivity contribution < 1.29 is 28.3 Å². The van der Waals surface area contributed by atoms with Crippen LogP contribution in [0.2, 0.25) is 0 Å². The van der Waals surface area contributed by atoms with Gasteiger partial charge in [-0.3, -0.25) is 0 Å². The molecule has 0 bridgehead atoms. The van der Waals surface area contributed by atoms with Gasteiger partial charge >= 0.3 is 43.8 Å². The van der Waals surface area contributed by atoms with Crippen LogP contribution in [0.4, 0.5) is 0 Å². The Kier molecular flexibility index (Phi) is 8.41. The molecule has 0 saturated heterocycles. The fraction of sp³-hybridized carbons (Fsp3) is 0. The minimum absolute atomic E-state index is 0.375. The van der Waals surface area contributed by atoms with E-state index in [2.05, 4.69) is 60.7 Å². The SMILES string of the molecule is O=[CH][Fe]([CH]=O)[CH]=O.c1ccc(Pc2ccccc2)cc1. The zero-order valence-corrected chi connectivity index (χ0v) is 12.7. The van der Waals surface area contributed by atoms with Gasteiger partial charge in [0, 0.05) is 0 Å². The summed E-state index contributed by atoms with van der Waals surface area (Å²) in [6.07, 6.45) is 0. The van der Waals surface area contributed by atoms with Crippen LogP contribution in [-0.4, -0.2) is 15.6 Å². The first-order valence-corrected chi connectivity index (χ1v) is 8.55. The molecule has 0 saturated carbocycles. The first-order chi connectivity index (χ1) is 9.80. The van der Waals surface area contributed by atoms with E-state index < -0.39 is 13.9 Å². The van der Waals surface area contributed by atoms with Crippen LogP contribution in [0.1, 0.15) is 0 Å². The topological polar surface area (TPSA) is 51.2 Å². The standard InChI is InChI=1S/C12H11P.3CHO.Fe/c1-3-7-11(8-4-1)13-12-9-5-2-6-10-12;3*1-2;/h1-10,13H;3*1H;. The minimum Gasteiger partial charge on any atom is -0.0622 e. The van der Waals surface area contributed by atoms with Crippen molar-refractivity contribution in [2.45, 2.75) is 0 Å². The summed E-state index contributed by atoms with van der Waals surface area (Å²) in [5.74, 6) is 0. The first-order valence-electron chi connectivity index (χ1n) is 5.64. The summed E-state index contributed by atoms with van der Waals surface area (Å²) < 4.78 is 0. The molecule has 3 nitrogen and oxygen atoms in total. The van der Waals surface area contributed by atoms with E-state index in [1.807, 2.05) is 0 Å². The van der Waals surface area contributed by atoms with Crippen LogP contribution < -0.4 is 10.6 Å². The molecule has 105 valence electrons. The normalized spacial score (nSPS) is 9.70. The average Bonchev–Trinajstić information content (AvgIpc) is 2.52. The molecular weight excluding hydrogens is 315 g/mol. The molecule has 2 aromatic rings. The van der Waals surface area contributed by atoms with Crippen LogP contribution >= 0.6 is 8.58 Å². The molecular formula is C15H14FeO3P. The second-order valence-corrected chi connectivity index (χ2v) is 6.75. The van der Waals surface area contributed by atoms with Crippen LogP contribution in [-0.2, 0) is 28.3 Å². The van der Waals surface area contributed by atoms with Gasteiger partial charge in [0.2, 0.25) is 0 Å². The predicted molar refractivity (Wildman–Crippen MR) is 80.7 cm³/mol. The van der Waals surface area contributed by atoms with E-state index in [-0.39, 0.29) is 0 Å². The summed E-state index contributed by atoms with van der Waals surface area (Å²) in [6.45, 7) is 0. The molecule has 20 heavy (non-hydrogen) atoms. The quantitative estimate of drug-likeness (QED) is 0.474. The van der Waals surface area contributed by atoms with Crippen LogP contribution in [0.25, 0.3) is 0 Å². The molecule has 5 heteroatoms. The van der Waals surface area contributed by atoms with E-state index in [0.717, 1.165) is 8.58 Å². The Morgan fingerprint density at radius 2 is 1.00 bits per heavy atom. The van der Waals surface area contributed by atoms with E-state index >= 15 is 0 Å². The second kappa shape index (κ2) is 10.2. The Bertz CT molecular complexity index is 475. The molecule has 0 heterocycles. The van der Waals surface area contributed by atoms with Gasteiger partial charge in [-0.2, -0.15) is 0 Å². The van der Waals surface area contributed by atoms with Crippen molar-refractivity contribution >= 4 is 34.7 Å². The average molecular weight is 329 g/mol. The second-order valence-electron chi connectivity index (χ2n) is 3.46. The zero-order valence-electron chi connectivity index (χ0n) is 10.6.